The van der Waals surface area contributed by atoms with E-state index in [9.17, 15) is 9.90 Å². The van der Waals surface area contributed by atoms with E-state index >= 15 is 0 Å². The fourth-order valence-electron chi connectivity index (χ4n) is 1.83. The Balaban J connectivity index is 2.95. The molecule has 0 aliphatic carbocycles. The third-order valence-electron chi connectivity index (χ3n) is 3.09. The van der Waals surface area contributed by atoms with Crippen molar-refractivity contribution >= 4 is 6.29 Å². The lowest BCUT2D eigenvalue weighted by Crippen LogP contribution is -2.16. The van der Waals surface area contributed by atoms with Gasteiger partial charge in [-0.3, -0.25) is 4.79 Å². The number of phenolic OH excluding ortho intramolecular Hbond substituents is 1. The molecule has 0 heterocycles. The van der Waals surface area contributed by atoms with Crippen molar-refractivity contribution in [1.82, 2.24) is 0 Å². The van der Waals surface area contributed by atoms with Crippen molar-refractivity contribution in [2.75, 3.05) is 0 Å². The largest absolute Gasteiger partial charge is 0.507 e. The Morgan fingerprint density at radius 3 is 2.56 bits per heavy atom. The summed E-state index contributed by atoms with van der Waals surface area (Å²) in [4.78, 5) is 10.6. The molecule has 0 amide bonds. The van der Waals surface area contributed by atoms with Gasteiger partial charge in [0.1, 0.15) is 5.75 Å². The van der Waals surface area contributed by atoms with Gasteiger partial charge in [0.25, 0.3) is 0 Å². The molecule has 0 aromatic heterocycles. The topological polar surface area (TPSA) is 37.3 Å². The highest BCUT2D eigenvalue weighted by molar-refractivity contribution is 5.79. The third kappa shape index (κ3) is 2.84. The Kier molecular flexibility index (Phi) is 4.11. The van der Waals surface area contributed by atoms with Crippen LogP contribution in [0, 0.1) is 0 Å². The van der Waals surface area contributed by atoms with Crippen LogP contribution >= 0.6 is 0 Å². The lowest BCUT2D eigenvalue weighted by molar-refractivity contribution is 0.112. The molecule has 2 nitrogen and oxygen atoms in total. The van der Waals surface area contributed by atoms with Gasteiger partial charge >= 0.3 is 0 Å². The van der Waals surface area contributed by atoms with Crippen LogP contribution in [-0.2, 0) is 5.41 Å². The first-order valence-corrected chi connectivity index (χ1v) is 5.80. The Labute approximate surface area is 97.3 Å². The first-order chi connectivity index (χ1) is 7.51. The number of carbonyl (C=O) groups excluding carboxylic acids is 1. The molecule has 0 aliphatic heterocycles. The number of aldehydes is 1. The summed E-state index contributed by atoms with van der Waals surface area (Å²) in [6.45, 7) is 6.50. The summed E-state index contributed by atoms with van der Waals surface area (Å²) in [6.07, 6.45) is 4.10. The normalized spacial score (nSPS) is 11.4. The molecule has 0 saturated carbocycles. The van der Waals surface area contributed by atoms with Gasteiger partial charge in [-0.25, -0.2) is 0 Å². The molecule has 0 aliphatic rings. The summed E-state index contributed by atoms with van der Waals surface area (Å²) in [5.74, 6) is 0.0806. The molecule has 0 spiro atoms. The number of hydrogen-bond donors (Lipinski definition) is 1. The summed E-state index contributed by atoms with van der Waals surface area (Å²) in [7, 11) is 0. The van der Waals surface area contributed by atoms with Gasteiger partial charge in [0.05, 0.1) is 5.56 Å². The summed E-state index contributed by atoms with van der Waals surface area (Å²) >= 11 is 0. The Morgan fingerprint density at radius 1 is 1.38 bits per heavy atom. The number of unbranched alkanes of at least 4 members (excludes halogenated alkanes) is 1. The van der Waals surface area contributed by atoms with E-state index < -0.39 is 0 Å². The van der Waals surface area contributed by atoms with E-state index in [1.807, 2.05) is 6.07 Å². The monoisotopic (exact) mass is 220 g/mol. The van der Waals surface area contributed by atoms with Crippen molar-refractivity contribution in [3.8, 4) is 5.75 Å². The summed E-state index contributed by atoms with van der Waals surface area (Å²) < 4.78 is 0. The molecule has 2 heteroatoms. The minimum atomic E-state index is 0.0505. The Bertz CT molecular complexity index is 367. The maximum absolute atomic E-state index is 10.6. The molecule has 0 bridgehead atoms. The van der Waals surface area contributed by atoms with Crippen LogP contribution in [0.5, 0.6) is 5.75 Å². The van der Waals surface area contributed by atoms with E-state index in [0.717, 1.165) is 12.0 Å². The molecule has 0 atom stereocenters. The fourth-order valence-corrected chi connectivity index (χ4v) is 1.83. The minimum absolute atomic E-state index is 0.0505. The van der Waals surface area contributed by atoms with Gasteiger partial charge in [0.2, 0.25) is 0 Å². The van der Waals surface area contributed by atoms with Gasteiger partial charge in [-0.1, -0.05) is 39.7 Å². The molecule has 1 aromatic carbocycles. The van der Waals surface area contributed by atoms with Crippen molar-refractivity contribution in [2.24, 2.45) is 0 Å². The standard InChI is InChI=1S/C14H20O2/c1-4-5-8-14(2,3)12-7-6-11(10-15)13(16)9-12/h6-7,9-10,16H,4-5,8H2,1-3H3. The van der Waals surface area contributed by atoms with E-state index in [-0.39, 0.29) is 11.2 Å². The molecule has 88 valence electrons. The molecule has 1 N–H and O–H groups in total. The average molecular weight is 220 g/mol. The van der Waals surface area contributed by atoms with Crippen LogP contribution in [0.1, 0.15) is 56.0 Å². The van der Waals surface area contributed by atoms with Crippen LogP contribution in [-0.4, -0.2) is 11.4 Å². The minimum Gasteiger partial charge on any atom is -0.507 e. The highest BCUT2D eigenvalue weighted by atomic mass is 16.3. The van der Waals surface area contributed by atoms with Crippen molar-refractivity contribution in [3.05, 3.63) is 29.3 Å². The van der Waals surface area contributed by atoms with E-state index in [1.165, 1.54) is 12.8 Å². The molecule has 0 fully saturated rings. The van der Waals surface area contributed by atoms with Crippen molar-refractivity contribution in [3.63, 3.8) is 0 Å². The van der Waals surface area contributed by atoms with Crippen LogP contribution in [0.4, 0.5) is 0 Å². The third-order valence-corrected chi connectivity index (χ3v) is 3.09. The number of benzene rings is 1. The van der Waals surface area contributed by atoms with Gasteiger partial charge < -0.3 is 5.11 Å². The Hall–Kier alpha value is -1.31. The first-order valence-electron chi connectivity index (χ1n) is 5.80. The molecule has 1 rings (SSSR count). The van der Waals surface area contributed by atoms with Crippen LogP contribution in [0.15, 0.2) is 18.2 Å². The molecule has 0 radical (unpaired) electrons. The quantitative estimate of drug-likeness (QED) is 0.769. The van der Waals surface area contributed by atoms with Gasteiger partial charge in [0.15, 0.2) is 6.29 Å². The lowest BCUT2D eigenvalue weighted by atomic mass is 9.80. The zero-order chi connectivity index (χ0) is 12.2. The summed E-state index contributed by atoms with van der Waals surface area (Å²) in [5.41, 5.74) is 1.49. The van der Waals surface area contributed by atoms with Crippen LogP contribution in [0.3, 0.4) is 0 Å². The highest BCUT2D eigenvalue weighted by Gasteiger charge is 2.20. The van der Waals surface area contributed by atoms with Crippen LogP contribution < -0.4 is 0 Å². The van der Waals surface area contributed by atoms with Crippen LogP contribution in [0.2, 0.25) is 0 Å². The van der Waals surface area contributed by atoms with Gasteiger partial charge in [-0.15, -0.1) is 0 Å². The van der Waals surface area contributed by atoms with Gasteiger partial charge in [-0.2, -0.15) is 0 Å². The predicted molar refractivity (Wildman–Crippen MR) is 66.0 cm³/mol. The molecule has 16 heavy (non-hydrogen) atoms. The number of carbonyl (C=O) groups is 1. The lowest BCUT2D eigenvalue weighted by Gasteiger charge is -2.25. The summed E-state index contributed by atoms with van der Waals surface area (Å²) in [6, 6.07) is 5.32. The zero-order valence-corrected chi connectivity index (χ0v) is 10.3. The van der Waals surface area contributed by atoms with Crippen molar-refractivity contribution in [1.29, 1.82) is 0 Å². The van der Waals surface area contributed by atoms with Crippen LogP contribution in [0.25, 0.3) is 0 Å². The highest BCUT2D eigenvalue weighted by Crippen LogP contribution is 2.31. The SMILES string of the molecule is CCCCC(C)(C)c1ccc(C=O)c(O)c1. The molecule has 0 saturated heterocycles. The van der Waals surface area contributed by atoms with Crippen molar-refractivity contribution < 1.29 is 9.90 Å². The van der Waals surface area contributed by atoms with E-state index in [0.29, 0.717) is 11.8 Å². The maximum Gasteiger partial charge on any atom is 0.153 e. The smallest absolute Gasteiger partial charge is 0.153 e. The molecule has 0 unspecified atom stereocenters. The second kappa shape index (κ2) is 5.15. The second-order valence-electron chi connectivity index (χ2n) is 4.88. The predicted octanol–water partition coefficient (Wildman–Crippen LogP) is 3.67. The number of aromatic hydroxyl groups is 1. The maximum atomic E-state index is 10.6. The fraction of sp³-hybridized carbons (Fsp3) is 0.500. The van der Waals surface area contributed by atoms with Gasteiger partial charge in [0, 0.05) is 0 Å². The van der Waals surface area contributed by atoms with E-state index in [4.69, 9.17) is 0 Å². The Morgan fingerprint density at radius 2 is 2.06 bits per heavy atom. The molecular formula is C14H20O2. The first kappa shape index (κ1) is 12.8. The van der Waals surface area contributed by atoms with E-state index in [2.05, 4.69) is 20.8 Å². The molecular weight excluding hydrogens is 200 g/mol. The average Bonchev–Trinajstić information content (AvgIpc) is 2.26. The zero-order valence-electron chi connectivity index (χ0n) is 10.3. The van der Waals surface area contributed by atoms with Crippen molar-refractivity contribution in [2.45, 2.75) is 45.4 Å². The number of phenols is 1. The molecule has 1 aromatic rings. The summed E-state index contributed by atoms with van der Waals surface area (Å²) in [5, 5.41) is 9.65. The second-order valence-corrected chi connectivity index (χ2v) is 4.88. The van der Waals surface area contributed by atoms with E-state index in [1.54, 1.807) is 12.1 Å². The van der Waals surface area contributed by atoms with Gasteiger partial charge in [-0.05, 0) is 29.5 Å². The number of rotatable bonds is 5. The number of hydrogen-bond acceptors (Lipinski definition) is 2.